The zero-order valence-electron chi connectivity index (χ0n) is 62.3. The summed E-state index contributed by atoms with van der Waals surface area (Å²) in [6.45, 7) is 14.1. The highest BCUT2D eigenvalue weighted by Gasteiger charge is 2.30. The summed E-state index contributed by atoms with van der Waals surface area (Å²) in [4.78, 5) is 72.8. The van der Waals surface area contributed by atoms with Gasteiger partial charge < -0.3 is 33.8 Å². The van der Waals surface area contributed by atoms with Crippen LogP contribution in [0, 0.1) is 23.7 Å². The van der Waals surface area contributed by atoms with Gasteiger partial charge in [-0.25, -0.2) is 9.13 Å². The molecule has 0 heterocycles. The Morgan fingerprint density at radius 1 is 0.263 bits per heavy atom. The van der Waals surface area contributed by atoms with E-state index in [2.05, 4.69) is 55.4 Å². The summed E-state index contributed by atoms with van der Waals surface area (Å²) in [5.41, 5.74) is 0. The fourth-order valence-corrected chi connectivity index (χ4v) is 13.1. The van der Waals surface area contributed by atoms with Crippen LogP contribution in [0.1, 0.15) is 383 Å². The Hall–Kier alpha value is -1.94. The third kappa shape index (κ3) is 70.3. The Balaban J connectivity index is 5.22. The van der Waals surface area contributed by atoms with E-state index in [-0.39, 0.29) is 25.7 Å². The fraction of sp³-hybridized carbons (Fsp3) is 0.947. The highest BCUT2D eigenvalue weighted by molar-refractivity contribution is 7.47. The minimum Gasteiger partial charge on any atom is -0.462 e. The number of unbranched alkanes of at least 4 members (excludes halogenated alkanes) is 39. The number of esters is 4. The molecule has 0 aromatic carbocycles. The Bertz CT molecular complexity index is 1870. The van der Waals surface area contributed by atoms with E-state index >= 15 is 0 Å². The molecule has 0 aromatic heterocycles. The van der Waals surface area contributed by atoms with Crippen molar-refractivity contribution in [1.82, 2.24) is 0 Å². The second kappa shape index (κ2) is 65.4. The second-order valence-electron chi connectivity index (χ2n) is 29.3. The molecule has 5 atom stereocenters. The van der Waals surface area contributed by atoms with Gasteiger partial charge in [-0.2, -0.15) is 0 Å². The summed E-state index contributed by atoms with van der Waals surface area (Å²) in [6.07, 6.45) is 50.1. The smallest absolute Gasteiger partial charge is 0.462 e. The molecule has 17 nitrogen and oxygen atoms in total. The highest BCUT2D eigenvalue weighted by Crippen LogP contribution is 2.45. The summed E-state index contributed by atoms with van der Waals surface area (Å²) in [5.74, 6) is 0.889. The number of phosphoric acid groups is 2. The van der Waals surface area contributed by atoms with Crippen molar-refractivity contribution < 1.29 is 80.2 Å². The number of ether oxygens (including phenoxy) is 4. The van der Waals surface area contributed by atoms with Crippen molar-refractivity contribution in [2.45, 2.75) is 401 Å². The Morgan fingerprint density at radius 2 is 0.442 bits per heavy atom. The molecule has 3 N–H and O–H groups in total. The lowest BCUT2D eigenvalue weighted by Crippen LogP contribution is -2.30. The SMILES string of the molecule is CC(C)CCCCCCCCCCCCCCCCCCC(=O)OC[C@H](COP(=O)(O)OCC(O)COP(=O)(O)OC[C@@H](COC(=O)CCCCCCCCCC(C)C)OC(=O)CCCCCCCCCCC(C)C)OC(=O)CCCCCCCCCCCCCCC(C)C. The average molecular weight is 1400 g/mol. The van der Waals surface area contributed by atoms with Crippen molar-refractivity contribution in [1.29, 1.82) is 0 Å². The van der Waals surface area contributed by atoms with Crippen LogP contribution in [0.3, 0.4) is 0 Å². The van der Waals surface area contributed by atoms with Crippen LogP contribution in [0.25, 0.3) is 0 Å². The first-order valence-electron chi connectivity index (χ1n) is 39.2. The van der Waals surface area contributed by atoms with Crippen molar-refractivity contribution in [3.05, 3.63) is 0 Å². The van der Waals surface area contributed by atoms with Gasteiger partial charge in [0.2, 0.25) is 0 Å². The summed E-state index contributed by atoms with van der Waals surface area (Å²) in [5, 5.41) is 10.6. The lowest BCUT2D eigenvalue weighted by molar-refractivity contribution is -0.161. The molecule has 0 spiro atoms. The molecular formula is C76H148O17P2. The van der Waals surface area contributed by atoms with Gasteiger partial charge in [-0.1, -0.05) is 331 Å². The van der Waals surface area contributed by atoms with E-state index in [1.165, 1.54) is 180 Å². The second-order valence-corrected chi connectivity index (χ2v) is 32.2. The van der Waals surface area contributed by atoms with Crippen LogP contribution >= 0.6 is 15.6 Å². The molecule has 564 valence electrons. The molecule has 0 saturated heterocycles. The number of rotatable bonds is 73. The van der Waals surface area contributed by atoms with Crippen LogP contribution in [-0.2, 0) is 65.4 Å². The number of aliphatic hydroxyl groups excluding tert-OH is 1. The molecule has 95 heavy (non-hydrogen) atoms. The number of carbonyl (C=O) groups is 4. The average Bonchev–Trinajstić information content (AvgIpc) is 1.68. The first kappa shape index (κ1) is 93.1. The van der Waals surface area contributed by atoms with Crippen LogP contribution in [0.2, 0.25) is 0 Å². The zero-order chi connectivity index (χ0) is 70.3. The number of aliphatic hydroxyl groups is 1. The van der Waals surface area contributed by atoms with E-state index in [1.807, 2.05) is 0 Å². The lowest BCUT2D eigenvalue weighted by atomic mass is 10.0. The van der Waals surface area contributed by atoms with Gasteiger partial charge >= 0.3 is 39.5 Å². The van der Waals surface area contributed by atoms with Gasteiger partial charge in [0.05, 0.1) is 26.4 Å². The monoisotopic (exact) mass is 1400 g/mol. The lowest BCUT2D eigenvalue weighted by Gasteiger charge is -2.21. The Kier molecular flexibility index (Phi) is 64.0. The van der Waals surface area contributed by atoms with E-state index in [0.29, 0.717) is 31.6 Å². The third-order valence-electron chi connectivity index (χ3n) is 17.6. The minimum atomic E-state index is -4.96. The van der Waals surface area contributed by atoms with Gasteiger partial charge in [0.15, 0.2) is 12.2 Å². The maximum atomic E-state index is 13.1. The summed E-state index contributed by atoms with van der Waals surface area (Å²) >= 11 is 0. The largest absolute Gasteiger partial charge is 0.472 e. The number of carbonyl (C=O) groups excluding carboxylic acids is 4. The van der Waals surface area contributed by atoms with E-state index in [9.17, 15) is 43.2 Å². The molecule has 0 fully saturated rings. The van der Waals surface area contributed by atoms with Gasteiger partial charge in [-0.05, 0) is 49.4 Å². The molecule has 0 amide bonds. The van der Waals surface area contributed by atoms with E-state index in [0.717, 1.165) is 114 Å². The molecule has 0 aliphatic heterocycles. The van der Waals surface area contributed by atoms with Crippen LogP contribution < -0.4 is 0 Å². The molecule has 0 bridgehead atoms. The van der Waals surface area contributed by atoms with E-state index in [1.54, 1.807) is 0 Å². The van der Waals surface area contributed by atoms with E-state index < -0.39 is 97.5 Å². The predicted octanol–water partition coefficient (Wildman–Crippen LogP) is 22.0. The molecule has 0 saturated carbocycles. The van der Waals surface area contributed by atoms with Gasteiger partial charge in [-0.15, -0.1) is 0 Å². The van der Waals surface area contributed by atoms with Crippen LogP contribution in [0.4, 0.5) is 0 Å². The maximum Gasteiger partial charge on any atom is 0.472 e. The summed E-state index contributed by atoms with van der Waals surface area (Å²) < 4.78 is 68.5. The summed E-state index contributed by atoms with van der Waals surface area (Å²) in [6, 6.07) is 0. The number of phosphoric ester groups is 2. The van der Waals surface area contributed by atoms with Gasteiger partial charge in [0, 0.05) is 25.7 Å². The van der Waals surface area contributed by atoms with Crippen molar-refractivity contribution in [2.24, 2.45) is 23.7 Å². The molecular weight excluding hydrogens is 1250 g/mol. The van der Waals surface area contributed by atoms with Gasteiger partial charge in [0.25, 0.3) is 0 Å². The predicted molar refractivity (Wildman–Crippen MR) is 386 cm³/mol. The third-order valence-corrected chi connectivity index (χ3v) is 19.5. The molecule has 0 radical (unpaired) electrons. The zero-order valence-corrected chi connectivity index (χ0v) is 64.1. The number of hydrogen-bond acceptors (Lipinski definition) is 15. The molecule has 0 rings (SSSR count). The molecule has 3 unspecified atom stereocenters. The standard InChI is InChI=1S/C76H148O17P2/c1-66(2)52-44-36-28-21-17-13-11-9-10-12-14-19-23-32-40-48-56-73(78)86-62-71(92-75(80)58-50-42-33-24-20-16-15-18-22-29-37-45-53-67(3)4)64-90-94(82,83)88-60-70(77)61-89-95(84,85)91-65-72(63-87-74(79)57-49-41-35-27-31-39-47-55-69(7)8)93-76(81)59-51-43-34-26-25-30-38-46-54-68(5)6/h66-72,77H,9-65H2,1-8H3,(H,82,83)(H,84,85)/t70?,71-,72-/m1/s1. The summed E-state index contributed by atoms with van der Waals surface area (Å²) in [7, 11) is -9.91. The normalized spacial score (nSPS) is 14.1. The topological polar surface area (TPSA) is 237 Å². The van der Waals surface area contributed by atoms with Gasteiger partial charge in [-0.3, -0.25) is 37.3 Å². The molecule has 0 aliphatic rings. The molecule has 19 heteroatoms. The van der Waals surface area contributed by atoms with Crippen molar-refractivity contribution in [3.63, 3.8) is 0 Å². The van der Waals surface area contributed by atoms with Crippen LogP contribution in [0.5, 0.6) is 0 Å². The van der Waals surface area contributed by atoms with Crippen LogP contribution in [-0.4, -0.2) is 96.7 Å². The molecule has 0 aromatic rings. The van der Waals surface area contributed by atoms with Crippen LogP contribution in [0.15, 0.2) is 0 Å². The minimum absolute atomic E-state index is 0.103. The number of hydrogen-bond donors (Lipinski definition) is 3. The maximum absolute atomic E-state index is 13.1. The van der Waals surface area contributed by atoms with Gasteiger partial charge in [0.1, 0.15) is 19.3 Å². The van der Waals surface area contributed by atoms with Crippen molar-refractivity contribution in [3.8, 4) is 0 Å². The quantitative estimate of drug-likeness (QED) is 0.0222. The van der Waals surface area contributed by atoms with Crippen molar-refractivity contribution >= 4 is 39.5 Å². The Labute approximate surface area is 581 Å². The first-order chi connectivity index (χ1) is 45.6. The Morgan fingerprint density at radius 3 is 0.653 bits per heavy atom. The first-order valence-corrected chi connectivity index (χ1v) is 42.2. The molecule has 0 aliphatic carbocycles. The highest BCUT2D eigenvalue weighted by atomic mass is 31.2. The van der Waals surface area contributed by atoms with E-state index in [4.69, 9.17) is 37.0 Å². The fourth-order valence-electron chi connectivity index (χ4n) is 11.6. The van der Waals surface area contributed by atoms with Crippen molar-refractivity contribution in [2.75, 3.05) is 39.6 Å².